The van der Waals surface area contributed by atoms with E-state index in [0.717, 1.165) is 43.8 Å². The molecule has 4 rings (SSSR count). The van der Waals surface area contributed by atoms with Crippen molar-refractivity contribution in [1.29, 1.82) is 0 Å². The zero-order valence-electron chi connectivity index (χ0n) is 16.9. The summed E-state index contributed by atoms with van der Waals surface area (Å²) in [6.45, 7) is 3.93. The van der Waals surface area contributed by atoms with Gasteiger partial charge in [-0.25, -0.2) is 0 Å². The van der Waals surface area contributed by atoms with E-state index in [9.17, 15) is 4.79 Å². The number of fused-ring (bicyclic) bond motifs is 1. The number of amides is 1. The van der Waals surface area contributed by atoms with Gasteiger partial charge in [-0.3, -0.25) is 14.7 Å². The lowest BCUT2D eigenvalue weighted by atomic mass is 9.79. The number of likely N-dealkylation sites (tertiary alicyclic amines) is 1. The van der Waals surface area contributed by atoms with Crippen molar-refractivity contribution < 1.29 is 14.3 Å². The van der Waals surface area contributed by atoms with Crippen molar-refractivity contribution in [3.63, 3.8) is 0 Å². The summed E-state index contributed by atoms with van der Waals surface area (Å²) >= 11 is 0. The van der Waals surface area contributed by atoms with Crippen LogP contribution >= 0.6 is 0 Å². The molecule has 2 saturated heterocycles. The number of rotatable bonds is 6. The van der Waals surface area contributed by atoms with Crippen LogP contribution in [0.5, 0.6) is 5.75 Å². The third kappa shape index (κ3) is 4.95. The molecule has 1 aromatic heterocycles. The predicted octanol–water partition coefficient (Wildman–Crippen LogP) is 2.63. The minimum Gasteiger partial charge on any atom is -0.497 e. The molecule has 6 heteroatoms. The van der Waals surface area contributed by atoms with E-state index in [1.54, 1.807) is 19.5 Å². The lowest BCUT2D eigenvalue weighted by Crippen LogP contribution is -2.53. The summed E-state index contributed by atoms with van der Waals surface area (Å²) in [5, 5.41) is 3.11. The summed E-state index contributed by atoms with van der Waals surface area (Å²) in [5.41, 5.74) is 2.25. The zero-order chi connectivity index (χ0) is 20.1. The van der Waals surface area contributed by atoms with Gasteiger partial charge >= 0.3 is 0 Å². The van der Waals surface area contributed by atoms with Crippen LogP contribution in [0.1, 0.15) is 24.0 Å². The Bertz CT molecular complexity index is 814. The zero-order valence-corrected chi connectivity index (χ0v) is 16.9. The lowest BCUT2D eigenvalue weighted by Gasteiger charge is -2.44. The first-order valence-electron chi connectivity index (χ1n) is 10.4. The first-order valence-corrected chi connectivity index (χ1v) is 10.4. The number of nitrogens with zero attached hydrogens (tertiary/aromatic N) is 2. The first-order chi connectivity index (χ1) is 14.2. The van der Waals surface area contributed by atoms with E-state index in [1.807, 2.05) is 24.3 Å². The van der Waals surface area contributed by atoms with Crippen LogP contribution in [-0.2, 0) is 22.6 Å². The number of piperidine rings is 1. The molecule has 154 valence electrons. The highest BCUT2D eigenvalue weighted by molar-refractivity contribution is 5.79. The van der Waals surface area contributed by atoms with Crippen molar-refractivity contribution in [1.82, 2.24) is 15.2 Å². The summed E-state index contributed by atoms with van der Waals surface area (Å²) in [7, 11) is 1.69. The van der Waals surface area contributed by atoms with Gasteiger partial charge in [0.2, 0.25) is 5.91 Å². The van der Waals surface area contributed by atoms with Crippen LogP contribution in [-0.4, -0.2) is 48.7 Å². The quantitative estimate of drug-likeness (QED) is 0.815. The second-order valence-corrected chi connectivity index (χ2v) is 7.92. The molecule has 1 N–H and O–H groups in total. The molecule has 2 aromatic rings. The standard InChI is InChI=1S/C23H29N3O3/c1-28-19-6-2-4-17(12-19)15-26-10-7-22-21(16-26)20(8-11-29-22)23(27)25-14-18-5-3-9-24-13-18/h2-6,9,12-13,20-22H,7-8,10-11,14-16H2,1H3,(H,25,27)/t20-,21+,22-/m1/s1. The maximum absolute atomic E-state index is 13.0. The number of carbonyl (C=O) groups is 1. The van der Waals surface area contributed by atoms with E-state index in [0.29, 0.717) is 13.2 Å². The van der Waals surface area contributed by atoms with Crippen LogP contribution in [0.15, 0.2) is 48.8 Å². The number of aromatic nitrogens is 1. The highest BCUT2D eigenvalue weighted by Gasteiger charge is 2.41. The third-order valence-corrected chi connectivity index (χ3v) is 6.02. The number of nitrogens with one attached hydrogen (secondary N) is 1. The molecule has 3 atom stereocenters. The number of methoxy groups -OCH3 is 1. The van der Waals surface area contributed by atoms with Crippen molar-refractivity contribution in [3.05, 3.63) is 59.9 Å². The first kappa shape index (κ1) is 19.9. The Balaban J connectivity index is 1.38. The van der Waals surface area contributed by atoms with Gasteiger partial charge in [0.1, 0.15) is 5.75 Å². The summed E-state index contributed by atoms with van der Waals surface area (Å²) in [6, 6.07) is 12.1. The maximum Gasteiger partial charge on any atom is 0.223 e. The van der Waals surface area contributed by atoms with Crippen LogP contribution in [0.3, 0.4) is 0 Å². The van der Waals surface area contributed by atoms with Gasteiger partial charge in [-0.15, -0.1) is 0 Å². The minimum absolute atomic E-state index is 0.00136. The number of carbonyl (C=O) groups excluding carboxylic acids is 1. The molecule has 1 aromatic carbocycles. The SMILES string of the molecule is COc1cccc(CN2CC[C@H]3OCC[C@@H](C(=O)NCc4cccnc4)[C@@H]3C2)c1. The fourth-order valence-electron chi connectivity index (χ4n) is 4.51. The lowest BCUT2D eigenvalue weighted by molar-refractivity contribution is -0.142. The molecule has 0 spiro atoms. The van der Waals surface area contributed by atoms with E-state index in [4.69, 9.17) is 9.47 Å². The highest BCUT2D eigenvalue weighted by atomic mass is 16.5. The van der Waals surface area contributed by atoms with Crippen LogP contribution in [0.4, 0.5) is 0 Å². The molecule has 0 unspecified atom stereocenters. The van der Waals surface area contributed by atoms with E-state index in [-0.39, 0.29) is 23.8 Å². The number of benzene rings is 1. The van der Waals surface area contributed by atoms with Gasteiger partial charge in [0.05, 0.1) is 13.2 Å². The van der Waals surface area contributed by atoms with Crippen molar-refractivity contribution in [3.8, 4) is 5.75 Å². The van der Waals surface area contributed by atoms with Crippen LogP contribution < -0.4 is 10.1 Å². The largest absolute Gasteiger partial charge is 0.497 e. The molecular weight excluding hydrogens is 366 g/mol. The topological polar surface area (TPSA) is 63.7 Å². The Kier molecular flexibility index (Phi) is 6.42. The Morgan fingerprint density at radius 1 is 1.28 bits per heavy atom. The molecule has 1 amide bonds. The second kappa shape index (κ2) is 9.37. The van der Waals surface area contributed by atoms with Crippen molar-refractivity contribution in [2.45, 2.75) is 32.0 Å². The predicted molar refractivity (Wildman–Crippen MR) is 110 cm³/mol. The molecule has 0 saturated carbocycles. The molecular formula is C23H29N3O3. The molecule has 2 aliphatic heterocycles. The van der Waals surface area contributed by atoms with Gasteiger partial charge in [0.15, 0.2) is 0 Å². The number of pyridine rings is 1. The second-order valence-electron chi connectivity index (χ2n) is 7.92. The summed E-state index contributed by atoms with van der Waals surface area (Å²) in [4.78, 5) is 19.5. The normalized spacial score (nSPS) is 24.5. The van der Waals surface area contributed by atoms with Gasteiger partial charge in [0.25, 0.3) is 0 Å². The van der Waals surface area contributed by atoms with Gasteiger partial charge < -0.3 is 14.8 Å². The molecule has 2 fully saturated rings. The van der Waals surface area contributed by atoms with Crippen molar-refractivity contribution in [2.24, 2.45) is 11.8 Å². The molecule has 0 bridgehead atoms. The molecule has 0 aliphatic carbocycles. The number of ether oxygens (including phenoxy) is 2. The Labute approximate surface area is 172 Å². The average molecular weight is 396 g/mol. The van der Waals surface area contributed by atoms with Crippen LogP contribution in [0.25, 0.3) is 0 Å². The number of hydrogen-bond acceptors (Lipinski definition) is 5. The molecule has 29 heavy (non-hydrogen) atoms. The fourth-order valence-corrected chi connectivity index (χ4v) is 4.51. The average Bonchev–Trinajstić information content (AvgIpc) is 2.78. The monoisotopic (exact) mass is 395 g/mol. The van der Waals surface area contributed by atoms with Crippen LogP contribution in [0, 0.1) is 11.8 Å². The molecule has 3 heterocycles. The third-order valence-electron chi connectivity index (χ3n) is 6.02. The van der Waals surface area contributed by atoms with E-state index in [2.05, 4.69) is 27.3 Å². The summed E-state index contributed by atoms with van der Waals surface area (Å²) in [6.07, 6.45) is 5.48. The maximum atomic E-state index is 13.0. The van der Waals surface area contributed by atoms with E-state index in [1.165, 1.54) is 5.56 Å². The Hall–Kier alpha value is -2.44. The van der Waals surface area contributed by atoms with Crippen molar-refractivity contribution >= 4 is 5.91 Å². The van der Waals surface area contributed by atoms with E-state index >= 15 is 0 Å². The van der Waals surface area contributed by atoms with Crippen LogP contribution in [0.2, 0.25) is 0 Å². The Morgan fingerprint density at radius 3 is 3.00 bits per heavy atom. The molecule has 0 radical (unpaired) electrons. The summed E-state index contributed by atoms with van der Waals surface area (Å²) in [5.74, 6) is 1.25. The molecule has 6 nitrogen and oxygen atoms in total. The smallest absolute Gasteiger partial charge is 0.223 e. The number of hydrogen-bond donors (Lipinski definition) is 1. The van der Waals surface area contributed by atoms with Gasteiger partial charge in [-0.05, 0) is 42.2 Å². The summed E-state index contributed by atoms with van der Waals surface area (Å²) < 4.78 is 11.4. The van der Waals surface area contributed by atoms with Gasteiger partial charge in [-0.1, -0.05) is 18.2 Å². The minimum atomic E-state index is -0.00136. The van der Waals surface area contributed by atoms with Gasteiger partial charge in [0, 0.05) is 57.0 Å². The molecule has 2 aliphatic rings. The van der Waals surface area contributed by atoms with Gasteiger partial charge in [-0.2, -0.15) is 0 Å². The van der Waals surface area contributed by atoms with Crippen molar-refractivity contribution in [2.75, 3.05) is 26.8 Å². The fraction of sp³-hybridized carbons (Fsp3) is 0.478. The van der Waals surface area contributed by atoms with E-state index < -0.39 is 0 Å². The Morgan fingerprint density at radius 2 is 2.17 bits per heavy atom. The highest BCUT2D eigenvalue weighted by Crippen LogP contribution is 2.34.